The van der Waals surface area contributed by atoms with Gasteiger partial charge in [0.05, 0.1) is 4.90 Å². The van der Waals surface area contributed by atoms with Gasteiger partial charge in [-0.05, 0) is 24.3 Å². The molecule has 0 saturated carbocycles. The minimum Gasteiger partial charge on any atom is -0.274 e. The van der Waals surface area contributed by atoms with Gasteiger partial charge in [-0.25, -0.2) is 17.8 Å². The first-order valence-corrected chi connectivity index (χ1v) is 7.54. The summed E-state index contributed by atoms with van der Waals surface area (Å²) in [6.45, 7) is 1.58. The van der Waals surface area contributed by atoms with Crippen molar-refractivity contribution in [3.63, 3.8) is 0 Å². The molecule has 0 aliphatic rings. The smallest absolute Gasteiger partial charge is 0.274 e. The average Bonchev–Trinajstić information content (AvgIpc) is 2.81. The normalized spacial score (nSPS) is 11.5. The van der Waals surface area contributed by atoms with Gasteiger partial charge in [0.1, 0.15) is 0 Å². The average molecular weight is 315 g/mol. The zero-order valence-electron chi connectivity index (χ0n) is 10.5. The molecule has 0 atom stereocenters. The van der Waals surface area contributed by atoms with E-state index in [1.165, 1.54) is 24.3 Å². The number of carbonyl (C=O) groups is 1. The third-order valence-corrected chi connectivity index (χ3v) is 4.60. The number of halogens is 1. The topological polar surface area (TPSA) is 78.1 Å². The third-order valence-electron chi connectivity index (χ3n) is 2.69. The number of aromatic nitrogens is 2. The maximum Gasteiger partial charge on any atom is 0.349 e. The first-order chi connectivity index (χ1) is 9.37. The van der Waals surface area contributed by atoms with Gasteiger partial charge in [0.25, 0.3) is 10.0 Å². The maximum absolute atomic E-state index is 12.3. The highest BCUT2D eigenvalue weighted by Crippen LogP contribution is 2.15. The molecular weight excluding hydrogens is 304 g/mol. The van der Waals surface area contributed by atoms with Gasteiger partial charge in [0.15, 0.2) is 0 Å². The van der Waals surface area contributed by atoms with Gasteiger partial charge in [-0.15, -0.1) is 0 Å². The minimum atomic E-state index is -4.03. The second-order valence-electron chi connectivity index (χ2n) is 3.95. The number of carbonyl (C=O) groups excluding carboxylic acids is 1. The van der Waals surface area contributed by atoms with Crippen LogP contribution in [0.1, 0.15) is 18.1 Å². The van der Waals surface area contributed by atoms with Crippen molar-refractivity contribution >= 4 is 27.5 Å². The highest BCUT2D eigenvalue weighted by molar-refractivity contribution is 7.90. The van der Waals surface area contributed by atoms with Crippen molar-refractivity contribution in [2.45, 2.75) is 18.2 Å². The summed E-state index contributed by atoms with van der Waals surface area (Å²) in [6.07, 6.45) is 2.30. The van der Waals surface area contributed by atoms with Crippen molar-refractivity contribution in [3.05, 3.63) is 52.2 Å². The van der Waals surface area contributed by atoms with Crippen LogP contribution in [0.5, 0.6) is 0 Å². The third kappa shape index (κ3) is 2.41. The van der Waals surface area contributed by atoms with Crippen LogP contribution in [0.15, 0.2) is 46.3 Å². The number of benzene rings is 1. The molecule has 0 fully saturated rings. The van der Waals surface area contributed by atoms with E-state index >= 15 is 0 Å². The van der Waals surface area contributed by atoms with Gasteiger partial charge in [-0.2, -0.15) is 3.97 Å². The molecule has 0 bridgehead atoms. The van der Waals surface area contributed by atoms with E-state index in [-0.39, 0.29) is 11.3 Å². The molecule has 1 aromatic heterocycles. The van der Waals surface area contributed by atoms with E-state index in [0.29, 0.717) is 9.00 Å². The molecule has 0 aliphatic heterocycles. The predicted octanol–water partition coefficient (Wildman–Crippen LogP) is 1.59. The lowest BCUT2D eigenvalue weighted by atomic mass is 10.4. The van der Waals surface area contributed by atoms with E-state index in [9.17, 15) is 18.0 Å². The lowest BCUT2D eigenvalue weighted by Gasteiger charge is -2.04. The summed E-state index contributed by atoms with van der Waals surface area (Å²) >= 11 is 5.69. The molecule has 0 saturated heterocycles. The van der Waals surface area contributed by atoms with Crippen molar-refractivity contribution in [1.29, 1.82) is 0 Å². The van der Waals surface area contributed by atoms with Crippen LogP contribution in [0, 0.1) is 0 Å². The van der Waals surface area contributed by atoms with Gasteiger partial charge in [-0.1, -0.05) is 18.5 Å². The van der Waals surface area contributed by atoms with E-state index in [1.54, 1.807) is 6.92 Å². The lowest BCUT2D eigenvalue weighted by Crippen LogP contribution is -2.32. The number of imidazole rings is 1. The number of rotatable bonds is 3. The maximum atomic E-state index is 12.3. The summed E-state index contributed by atoms with van der Waals surface area (Å²) in [4.78, 5) is 23.4. The van der Waals surface area contributed by atoms with Crippen molar-refractivity contribution < 1.29 is 13.2 Å². The first kappa shape index (κ1) is 14.5. The Morgan fingerprint density at radius 2 is 1.80 bits per heavy atom. The van der Waals surface area contributed by atoms with Crippen molar-refractivity contribution in [3.8, 4) is 0 Å². The van der Waals surface area contributed by atoms with Gasteiger partial charge in [-0.3, -0.25) is 4.79 Å². The first-order valence-electron chi connectivity index (χ1n) is 5.72. The molecule has 8 heteroatoms. The molecular formula is C12H11ClN2O4S. The highest BCUT2D eigenvalue weighted by atomic mass is 35.5. The fraction of sp³-hybridized carbons (Fsp3) is 0.167. The van der Waals surface area contributed by atoms with Gasteiger partial charge >= 0.3 is 5.69 Å². The molecule has 0 aliphatic carbocycles. The van der Waals surface area contributed by atoms with Crippen LogP contribution >= 0.6 is 11.6 Å². The van der Waals surface area contributed by atoms with Crippen molar-refractivity contribution in [1.82, 2.24) is 8.54 Å². The van der Waals surface area contributed by atoms with Gasteiger partial charge in [0.2, 0.25) is 5.91 Å². The van der Waals surface area contributed by atoms with E-state index in [1.807, 2.05) is 0 Å². The largest absolute Gasteiger partial charge is 0.349 e. The van der Waals surface area contributed by atoms with E-state index in [2.05, 4.69) is 0 Å². The second kappa shape index (κ2) is 5.26. The molecule has 106 valence electrons. The molecule has 1 heterocycles. The Morgan fingerprint density at radius 3 is 2.35 bits per heavy atom. The van der Waals surface area contributed by atoms with Gasteiger partial charge < -0.3 is 0 Å². The van der Waals surface area contributed by atoms with Crippen molar-refractivity contribution in [2.75, 3.05) is 0 Å². The molecule has 0 spiro atoms. The zero-order valence-corrected chi connectivity index (χ0v) is 12.1. The Bertz CT molecular complexity index is 803. The fourth-order valence-electron chi connectivity index (χ4n) is 1.62. The Morgan fingerprint density at radius 1 is 1.20 bits per heavy atom. The molecule has 2 rings (SSSR count). The molecule has 20 heavy (non-hydrogen) atoms. The Kier molecular flexibility index (Phi) is 3.82. The van der Waals surface area contributed by atoms with Crippen LogP contribution in [-0.4, -0.2) is 22.9 Å². The second-order valence-corrected chi connectivity index (χ2v) is 6.20. The molecule has 6 nitrogen and oxygen atoms in total. The SMILES string of the molecule is CCC(=O)n1ccn(S(=O)(=O)c2ccc(Cl)cc2)c1=O. The lowest BCUT2D eigenvalue weighted by molar-refractivity contribution is 0.0904. The van der Waals surface area contributed by atoms with Gasteiger partial charge in [0, 0.05) is 23.8 Å². The van der Waals surface area contributed by atoms with Crippen LogP contribution < -0.4 is 5.69 Å². The van der Waals surface area contributed by atoms with Crippen molar-refractivity contribution in [2.24, 2.45) is 0 Å². The fourth-order valence-corrected chi connectivity index (χ4v) is 2.97. The van der Waals surface area contributed by atoms with Crippen LogP contribution in [0.4, 0.5) is 0 Å². The molecule has 1 aromatic carbocycles. The summed E-state index contributed by atoms with van der Waals surface area (Å²) in [6, 6.07) is 5.41. The summed E-state index contributed by atoms with van der Waals surface area (Å²) in [5, 5.41) is 0.384. The highest BCUT2D eigenvalue weighted by Gasteiger charge is 2.21. The number of hydrogen-bond donors (Lipinski definition) is 0. The van der Waals surface area contributed by atoms with E-state index in [0.717, 1.165) is 17.0 Å². The monoisotopic (exact) mass is 314 g/mol. The quantitative estimate of drug-likeness (QED) is 0.862. The summed E-state index contributed by atoms with van der Waals surface area (Å²) in [7, 11) is -4.03. The minimum absolute atomic E-state index is 0.0781. The summed E-state index contributed by atoms with van der Waals surface area (Å²) in [5.41, 5.74) is -0.910. The van der Waals surface area contributed by atoms with E-state index in [4.69, 9.17) is 11.6 Å². The number of nitrogens with zero attached hydrogens (tertiary/aromatic N) is 2. The summed E-state index contributed by atoms with van der Waals surface area (Å²) < 4.78 is 25.9. The predicted molar refractivity (Wildman–Crippen MR) is 73.6 cm³/mol. The molecule has 0 N–H and O–H groups in total. The standard InChI is InChI=1S/C12H11ClN2O4S/c1-2-11(16)14-7-8-15(12(14)17)20(18,19)10-5-3-9(13)4-6-10/h3-8H,2H2,1H3. The van der Waals surface area contributed by atoms with Crippen LogP contribution in [0.3, 0.4) is 0 Å². The molecule has 0 amide bonds. The zero-order chi connectivity index (χ0) is 14.9. The van der Waals surface area contributed by atoms with Crippen LogP contribution in [0.25, 0.3) is 0 Å². The Balaban J connectivity index is 2.56. The van der Waals surface area contributed by atoms with E-state index < -0.39 is 21.6 Å². The molecule has 0 unspecified atom stereocenters. The molecule has 0 radical (unpaired) electrons. The Hall–Kier alpha value is -1.86. The molecule has 2 aromatic rings. The van der Waals surface area contributed by atoms with Crippen LogP contribution in [-0.2, 0) is 10.0 Å². The number of hydrogen-bond acceptors (Lipinski definition) is 4. The summed E-state index contributed by atoms with van der Waals surface area (Å²) in [5.74, 6) is -0.472. The van der Waals surface area contributed by atoms with Crippen LogP contribution in [0.2, 0.25) is 5.02 Å². The Labute approximate surface area is 120 Å².